The van der Waals surface area contributed by atoms with Crippen molar-refractivity contribution in [3.63, 3.8) is 0 Å². The molecule has 1 amide bonds. The topological polar surface area (TPSA) is 55.2 Å². The van der Waals surface area contributed by atoms with Crippen molar-refractivity contribution in [2.75, 3.05) is 6.54 Å². The number of nitrogens with zero attached hydrogens (tertiary/aromatic N) is 3. The summed E-state index contributed by atoms with van der Waals surface area (Å²) in [5.74, 6) is 0.374. The van der Waals surface area contributed by atoms with Gasteiger partial charge in [-0.2, -0.15) is 0 Å². The third-order valence-electron chi connectivity index (χ3n) is 5.86. The number of fused-ring (bicyclic) bond motifs is 1. The first-order chi connectivity index (χ1) is 17.9. The zero-order chi connectivity index (χ0) is 25.9. The number of amides is 1. The Morgan fingerprint density at radius 1 is 1.08 bits per heavy atom. The van der Waals surface area contributed by atoms with E-state index in [4.69, 9.17) is 28.8 Å². The second-order valence-corrected chi connectivity index (χ2v) is 11.6. The average Bonchev–Trinajstić information content (AvgIpc) is 3.39. The molecule has 0 aliphatic carbocycles. The number of carbonyl (C=O) groups excluding carboxylic acids is 2. The zero-order valence-electron chi connectivity index (χ0n) is 19.9. The van der Waals surface area contributed by atoms with Crippen molar-refractivity contribution in [3.8, 4) is 0 Å². The monoisotopic (exact) mass is 563 g/mol. The molecule has 0 saturated carbocycles. The lowest BCUT2D eigenvalue weighted by Crippen LogP contribution is -2.31. The Morgan fingerprint density at radius 3 is 2.57 bits per heavy atom. The lowest BCUT2D eigenvalue weighted by atomic mass is 10.2. The van der Waals surface area contributed by atoms with Crippen LogP contribution in [0.15, 0.2) is 82.9 Å². The quantitative estimate of drug-likeness (QED) is 0.134. The van der Waals surface area contributed by atoms with Gasteiger partial charge in [0.15, 0.2) is 5.16 Å². The number of aromatic nitrogens is 2. The fourth-order valence-corrected chi connectivity index (χ4v) is 6.31. The van der Waals surface area contributed by atoms with Crippen LogP contribution in [0.4, 0.5) is 0 Å². The Kier molecular flexibility index (Phi) is 7.81. The van der Waals surface area contributed by atoms with E-state index in [2.05, 4.69) is 31.2 Å². The van der Waals surface area contributed by atoms with E-state index >= 15 is 0 Å². The fraction of sp³-hybridized carbons (Fsp3) is 0.143. The van der Waals surface area contributed by atoms with Crippen LogP contribution in [0.3, 0.4) is 0 Å². The van der Waals surface area contributed by atoms with Gasteiger partial charge in [0.2, 0.25) is 5.91 Å². The summed E-state index contributed by atoms with van der Waals surface area (Å²) in [6, 6.07) is 23.2. The third-order valence-corrected chi connectivity index (χ3v) is 8.50. The second-order valence-electron chi connectivity index (χ2n) is 8.52. The molecule has 1 fully saturated rings. The predicted octanol–water partition coefficient (Wildman–Crippen LogP) is 7.22. The molecule has 0 N–H and O–H groups in total. The highest BCUT2D eigenvalue weighted by Crippen LogP contribution is 2.33. The predicted molar refractivity (Wildman–Crippen MR) is 157 cm³/mol. The number of benzene rings is 3. The Bertz CT molecular complexity index is 1530. The van der Waals surface area contributed by atoms with Gasteiger partial charge in [-0.05, 0) is 48.4 Å². The summed E-state index contributed by atoms with van der Waals surface area (Å²) < 4.78 is 2.11. The minimum absolute atomic E-state index is 0.124. The summed E-state index contributed by atoms with van der Waals surface area (Å²) in [5.41, 5.74) is 4.74. The molecule has 1 aliphatic heterocycles. The van der Waals surface area contributed by atoms with Gasteiger partial charge in [-0.3, -0.25) is 19.1 Å². The summed E-state index contributed by atoms with van der Waals surface area (Å²) in [6.45, 7) is 2.26. The van der Waals surface area contributed by atoms with Gasteiger partial charge in [-0.15, -0.1) is 0 Å². The number of para-hydroxylation sites is 2. The first kappa shape index (κ1) is 25.7. The lowest BCUT2D eigenvalue weighted by Gasteiger charge is -2.15. The zero-order valence-corrected chi connectivity index (χ0v) is 23.1. The summed E-state index contributed by atoms with van der Waals surface area (Å²) in [7, 11) is 0. The molecule has 3 aromatic carbocycles. The molecule has 0 atom stereocenters. The number of rotatable bonds is 7. The molecule has 5 rings (SSSR count). The Hall–Kier alpha value is -2.91. The number of thioether (sulfide) groups is 2. The molecule has 186 valence electrons. The van der Waals surface area contributed by atoms with Crippen LogP contribution in [0.1, 0.15) is 27.9 Å². The Labute approximate surface area is 233 Å². The van der Waals surface area contributed by atoms with E-state index in [-0.39, 0.29) is 24.8 Å². The van der Waals surface area contributed by atoms with Gasteiger partial charge < -0.3 is 0 Å². The SMILES string of the molecule is Cc1ccc(CSc2nc3ccccc3n2C(=O)CCN2C(=O)/C(=C\c3ccc(Cl)cc3)SC2=S)cc1. The van der Waals surface area contributed by atoms with Crippen LogP contribution in [0.2, 0.25) is 5.02 Å². The molecule has 5 nitrogen and oxygen atoms in total. The van der Waals surface area contributed by atoms with Crippen LogP contribution >= 0.6 is 47.3 Å². The minimum atomic E-state index is -0.192. The maximum atomic E-state index is 13.5. The number of halogens is 1. The molecule has 37 heavy (non-hydrogen) atoms. The van der Waals surface area contributed by atoms with Gasteiger partial charge >= 0.3 is 0 Å². The maximum absolute atomic E-state index is 13.5. The van der Waals surface area contributed by atoms with Crippen molar-refractivity contribution in [2.24, 2.45) is 0 Å². The number of imidazole rings is 1. The molecule has 0 unspecified atom stereocenters. The van der Waals surface area contributed by atoms with Crippen LogP contribution < -0.4 is 0 Å². The van der Waals surface area contributed by atoms with Crippen LogP contribution in [0.5, 0.6) is 0 Å². The number of hydrogen-bond acceptors (Lipinski definition) is 6. The lowest BCUT2D eigenvalue weighted by molar-refractivity contribution is -0.122. The first-order valence-corrected chi connectivity index (χ1v) is 14.2. The van der Waals surface area contributed by atoms with E-state index in [1.807, 2.05) is 36.4 Å². The van der Waals surface area contributed by atoms with Gasteiger partial charge in [0.25, 0.3) is 5.91 Å². The third kappa shape index (κ3) is 5.83. The molecule has 4 aromatic rings. The van der Waals surface area contributed by atoms with Crippen molar-refractivity contribution in [3.05, 3.63) is 99.4 Å². The molecule has 0 radical (unpaired) electrons. The van der Waals surface area contributed by atoms with E-state index in [0.29, 0.717) is 25.2 Å². The Morgan fingerprint density at radius 2 is 1.81 bits per heavy atom. The molecule has 9 heteroatoms. The van der Waals surface area contributed by atoms with Crippen molar-refractivity contribution in [2.45, 2.75) is 24.3 Å². The summed E-state index contributed by atoms with van der Waals surface area (Å²) in [5, 5.41) is 1.27. The van der Waals surface area contributed by atoms with Gasteiger partial charge in [-0.1, -0.05) is 101 Å². The van der Waals surface area contributed by atoms with E-state index in [0.717, 1.165) is 22.2 Å². The average molecular weight is 564 g/mol. The molecule has 0 spiro atoms. The number of hydrogen-bond donors (Lipinski definition) is 0. The molecule has 0 bridgehead atoms. The standard InChI is InChI=1S/C28H22ClN3O2S3/c1-18-6-8-20(9-7-18)17-36-27-30-22-4-2-3-5-23(22)32(27)25(33)14-15-31-26(34)24(37-28(31)35)16-19-10-12-21(29)13-11-19/h2-13,16H,14-15,17H2,1H3/b24-16+. The highest BCUT2D eigenvalue weighted by molar-refractivity contribution is 8.26. The van der Waals surface area contributed by atoms with E-state index in [1.165, 1.54) is 34.0 Å². The molecule has 1 aromatic heterocycles. The van der Waals surface area contributed by atoms with Crippen molar-refractivity contribution in [1.29, 1.82) is 0 Å². The van der Waals surface area contributed by atoms with E-state index in [9.17, 15) is 9.59 Å². The highest BCUT2D eigenvalue weighted by atomic mass is 35.5. The maximum Gasteiger partial charge on any atom is 0.266 e. The molecule has 2 heterocycles. The molecule has 1 aliphatic rings. The Balaban J connectivity index is 1.32. The first-order valence-electron chi connectivity index (χ1n) is 11.6. The number of aryl methyl sites for hydroxylation is 1. The van der Waals surface area contributed by atoms with Crippen molar-refractivity contribution in [1.82, 2.24) is 14.5 Å². The summed E-state index contributed by atoms with van der Waals surface area (Å²) >= 11 is 14.2. The van der Waals surface area contributed by atoms with Gasteiger partial charge in [0.1, 0.15) is 4.32 Å². The molecular formula is C28H22ClN3O2S3. The molecule has 1 saturated heterocycles. The number of carbonyl (C=O) groups is 2. The van der Waals surface area contributed by atoms with Crippen LogP contribution in [0.25, 0.3) is 17.1 Å². The van der Waals surface area contributed by atoms with Gasteiger partial charge in [0.05, 0.1) is 15.9 Å². The normalized spacial score (nSPS) is 14.8. The molecular weight excluding hydrogens is 542 g/mol. The number of thiocarbonyl (C=S) groups is 1. The van der Waals surface area contributed by atoms with E-state index < -0.39 is 0 Å². The summed E-state index contributed by atoms with van der Waals surface area (Å²) in [6.07, 6.45) is 1.92. The van der Waals surface area contributed by atoms with Crippen LogP contribution in [-0.4, -0.2) is 37.1 Å². The fourth-order valence-electron chi connectivity index (χ4n) is 3.90. The highest BCUT2D eigenvalue weighted by Gasteiger charge is 2.32. The second kappa shape index (κ2) is 11.2. The van der Waals surface area contributed by atoms with Crippen LogP contribution in [0, 0.1) is 6.92 Å². The van der Waals surface area contributed by atoms with Gasteiger partial charge in [-0.25, -0.2) is 4.98 Å². The largest absolute Gasteiger partial charge is 0.292 e. The summed E-state index contributed by atoms with van der Waals surface area (Å²) in [4.78, 5) is 33.2. The van der Waals surface area contributed by atoms with Crippen molar-refractivity contribution >= 4 is 80.6 Å². The van der Waals surface area contributed by atoms with Crippen molar-refractivity contribution < 1.29 is 9.59 Å². The van der Waals surface area contributed by atoms with Crippen LogP contribution in [-0.2, 0) is 10.5 Å². The van der Waals surface area contributed by atoms with E-state index in [1.54, 1.807) is 22.8 Å². The van der Waals surface area contributed by atoms with Gasteiger partial charge in [0, 0.05) is 23.7 Å². The minimum Gasteiger partial charge on any atom is -0.292 e. The smallest absolute Gasteiger partial charge is 0.266 e.